The van der Waals surface area contributed by atoms with Crippen molar-refractivity contribution in [2.24, 2.45) is 20.5 Å². The number of rotatable bonds is 6. The number of hydrogen-bond acceptors (Lipinski definition) is 12. The molecule has 6 rings (SSSR count). The van der Waals surface area contributed by atoms with Gasteiger partial charge in [0.2, 0.25) is 5.75 Å². The molecule has 15 heteroatoms. The third-order valence-electron chi connectivity index (χ3n) is 7.58. The Labute approximate surface area is 300 Å². The number of azo groups is 2. The number of benzene rings is 6. The predicted molar refractivity (Wildman–Crippen MR) is 188 cm³/mol. The summed E-state index contributed by atoms with van der Waals surface area (Å²) in [5, 5.41) is 81.2. The van der Waals surface area contributed by atoms with E-state index in [2.05, 4.69) is 20.5 Å². The van der Waals surface area contributed by atoms with Crippen molar-refractivity contribution in [1.82, 2.24) is 0 Å². The number of phenols is 4. The van der Waals surface area contributed by atoms with Crippen LogP contribution in [0.3, 0.4) is 0 Å². The molecule has 0 bridgehead atoms. The Kier molecular flexibility index (Phi) is 11.3. The minimum atomic E-state index is -0.654. The standard InChI is InChI=1S/C20H19N3O4.C16H11N3O4.Fe/c1-20(2,3)13-10-15(19(25)16(11-13)23(26)27)21-22-18-14-7-5-4-6-12(14)8-9-17(18)24;20-14-8-6-11(19(22)23)9-13(14)17-18-16-12-4-2-1-3-10(12)5-7-15(16)21;/h4-11,24-25H,1-3H3;1-9,20-21H;. The van der Waals surface area contributed by atoms with E-state index in [9.17, 15) is 40.7 Å². The molecule has 0 unspecified atom stereocenters. The summed E-state index contributed by atoms with van der Waals surface area (Å²) in [5.74, 6) is -0.939. The number of nitro groups is 2. The van der Waals surface area contributed by atoms with Gasteiger partial charge in [-0.15, -0.1) is 20.5 Å². The third-order valence-corrected chi connectivity index (χ3v) is 7.58. The summed E-state index contributed by atoms with van der Waals surface area (Å²) in [5.41, 5.74) is 0.00318. The Morgan fingerprint density at radius 1 is 0.569 bits per heavy atom. The monoisotopic (exact) mass is 730 g/mol. The van der Waals surface area contributed by atoms with E-state index in [1.54, 1.807) is 36.4 Å². The quantitative estimate of drug-likeness (QED) is 0.0558. The van der Waals surface area contributed by atoms with Gasteiger partial charge in [0.1, 0.15) is 40.0 Å². The summed E-state index contributed by atoms with van der Waals surface area (Å²) in [6.07, 6.45) is 0. The molecule has 14 nitrogen and oxygen atoms in total. The van der Waals surface area contributed by atoms with Gasteiger partial charge in [-0.05, 0) is 46.0 Å². The van der Waals surface area contributed by atoms with Crippen molar-refractivity contribution in [2.45, 2.75) is 26.2 Å². The van der Waals surface area contributed by atoms with Crippen LogP contribution in [0.4, 0.5) is 34.1 Å². The number of hydrogen-bond donors (Lipinski definition) is 4. The average Bonchev–Trinajstić information content (AvgIpc) is 3.08. The van der Waals surface area contributed by atoms with Crippen LogP contribution in [0.2, 0.25) is 0 Å². The molecule has 0 aliphatic rings. The van der Waals surface area contributed by atoms with Crippen LogP contribution in [0.5, 0.6) is 23.0 Å². The molecule has 0 aromatic heterocycles. The van der Waals surface area contributed by atoms with Crippen molar-refractivity contribution >= 4 is 55.7 Å². The van der Waals surface area contributed by atoms with Crippen molar-refractivity contribution in [1.29, 1.82) is 0 Å². The summed E-state index contributed by atoms with van der Waals surface area (Å²) in [6, 6.07) is 27.5. The van der Waals surface area contributed by atoms with Gasteiger partial charge in [-0.2, -0.15) is 0 Å². The molecular formula is C36H30FeN6O8. The fraction of sp³-hybridized carbons (Fsp3) is 0.111. The number of nitrogens with zero attached hydrogens (tertiary/aromatic N) is 6. The molecule has 51 heavy (non-hydrogen) atoms. The molecular weight excluding hydrogens is 700 g/mol. The number of phenolic OH excluding ortho intramolecular Hbond substituents is 4. The van der Waals surface area contributed by atoms with Gasteiger partial charge in [0, 0.05) is 46.0 Å². The topological polar surface area (TPSA) is 217 Å². The summed E-state index contributed by atoms with van der Waals surface area (Å²) in [7, 11) is 0. The number of aromatic hydroxyl groups is 4. The van der Waals surface area contributed by atoms with Crippen LogP contribution >= 0.6 is 0 Å². The van der Waals surface area contributed by atoms with Gasteiger partial charge in [0.05, 0.1) is 9.85 Å². The maximum atomic E-state index is 11.3. The first kappa shape index (κ1) is 37.4. The summed E-state index contributed by atoms with van der Waals surface area (Å²) in [6.45, 7) is 5.71. The molecule has 0 aliphatic carbocycles. The second-order valence-electron chi connectivity index (χ2n) is 12.0. The van der Waals surface area contributed by atoms with E-state index in [-0.39, 0.29) is 68.2 Å². The fourth-order valence-corrected chi connectivity index (χ4v) is 4.86. The molecule has 6 aromatic carbocycles. The van der Waals surface area contributed by atoms with Crippen molar-refractivity contribution < 1.29 is 47.3 Å². The largest absolute Gasteiger partial charge is 0.506 e. The van der Waals surface area contributed by atoms with Gasteiger partial charge in [-0.1, -0.05) is 81.4 Å². The molecule has 0 heterocycles. The van der Waals surface area contributed by atoms with Crippen LogP contribution in [0.15, 0.2) is 124 Å². The first-order chi connectivity index (χ1) is 23.7. The van der Waals surface area contributed by atoms with Crippen LogP contribution in [0, 0.1) is 20.2 Å². The molecule has 0 saturated heterocycles. The van der Waals surface area contributed by atoms with E-state index in [1.807, 2.05) is 51.1 Å². The summed E-state index contributed by atoms with van der Waals surface area (Å²) >= 11 is 0. The van der Waals surface area contributed by atoms with Crippen LogP contribution < -0.4 is 0 Å². The first-order valence-corrected chi connectivity index (χ1v) is 15.0. The van der Waals surface area contributed by atoms with Crippen LogP contribution in [-0.4, -0.2) is 30.3 Å². The molecule has 0 spiro atoms. The number of nitro benzene ring substituents is 2. The molecule has 0 atom stereocenters. The second-order valence-corrected chi connectivity index (χ2v) is 12.0. The van der Waals surface area contributed by atoms with Gasteiger partial charge in [-0.25, -0.2) is 0 Å². The van der Waals surface area contributed by atoms with E-state index >= 15 is 0 Å². The van der Waals surface area contributed by atoms with Gasteiger partial charge in [-0.3, -0.25) is 20.2 Å². The minimum absolute atomic E-state index is 0. The van der Waals surface area contributed by atoms with Gasteiger partial charge >= 0.3 is 5.69 Å². The molecule has 0 saturated carbocycles. The van der Waals surface area contributed by atoms with E-state index in [0.717, 1.165) is 16.8 Å². The van der Waals surface area contributed by atoms with Crippen molar-refractivity contribution in [2.75, 3.05) is 0 Å². The van der Waals surface area contributed by atoms with E-state index in [0.29, 0.717) is 16.3 Å². The molecule has 0 amide bonds. The summed E-state index contributed by atoms with van der Waals surface area (Å²) < 4.78 is 0. The fourth-order valence-electron chi connectivity index (χ4n) is 4.86. The van der Waals surface area contributed by atoms with Crippen LogP contribution in [-0.2, 0) is 22.5 Å². The SMILES string of the molecule is CC(C)(C)c1cc(N=Nc2c(O)ccc3ccccc23)c(O)c([N+](=O)[O-])c1.O=[N+]([O-])c1ccc(O)c(N=Nc2c(O)ccc3ccccc23)c1.[Fe]. The van der Waals surface area contributed by atoms with E-state index in [4.69, 9.17) is 0 Å². The normalized spacial score (nSPS) is 11.4. The Balaban J connectivity index is 0.000000227. The van der Waals surface area contributed by atoms with Crippen molar-refractivity contribution in [3.05, 3.63) is 129 Å². The molecule has 4 N–H and O–H groups in total. The van der Waals surface area contributed by atoms with Crippen molar-refractivity contribution in [3.63, 3.8) is 0 Å². The maximum Gasteiger partial charge on any atom is 0.313 e. The molecule has 0 fully saturated rings. The Hall–Kier alpha value is -6.44. The Bertz CT molecular complexity index is 2340. The molecule has 6 aromatic rings. The average molecular weight is 731 g/mol. The number of non-ortho nitro benzene ring substituents is 1. The minimum Gasteiger partial charge on any atom is -0.506 e. The zero-order valence-electron chi connectivity index (χ0n) is 27.3. The van der Waals surface area contributed by atoms with Gasteiger partial charge in [0.25, 0.3) is 5.69 Å². The zero-order valence-corrected chi connectivity index (χ0v) is 28.4. The van der Waals surface area contributed by atoms with Gasteiger partial charge < -0.3 is 20.4 Å². The van der Waals surface area contributed by atoms with Crippen molar-refractivity contribution in [3.8, 4) is 23.0 Å². The second kappa shape index (κ2) is 15.4. The zero-order chi connectivity index (χ0) is 36.2. The molecule has 260 valence electrons. The predicted octanol–water partition coefficient (Wildman–Crippen LogP) is 10.4. The van der Waals surface area contributed by atoms with E-state index in [1.165, 1.54) is 30.3 Å². The first-order valence-electron chi connectivity index (χ1n) is 15.0. The maximum absolute atomic E-state index is 11.3. The number of fused-ring (bicyclic) bond motifs is 2. The smallest absolute Gasteiger partial charge is 0.313 e. The Morgan fingerprint density at radius 2 is 1.06 bits per heavy atom. The van der Waals surface area contributed by atoms with E-state index < -0.39 is 21.3 Å². The van der Waals surface area contributed by atoms with Crippen LogP contribution in [0.1, 0.15) is 26.3 Å². The summed E-state index contributed by atoms with van der Waals surface area (Å²) in [4.78, 5) is 20.8. The molecule has 0 radical (unpaired) electrons. The van der Waals surface area contributed by atoms with Gasteiger partial charge in [0.15, 0.2) is 0 Å². The molecule has 0 aliphatic heterocycles. The third kappa shape index (κ3) is 8.41. The Morgan fingerprint density at radius 3 is 1.55 bits per heavy atom. The van der Waals surface area contributed by atoms with Crippen LogP contribution in [0.25, 0.3) is 21.5 Å².